The van der Waals surface area contributed by atoms with E-state index in [2.05, 4.69) is 4.74 Å². The molecule has 0 heterocycles. The molecular weight excluding hydrogens is 164 g/mol. The number of methoxy groups -OCH3 is 1. The van der Waals surface area contributed by atoms with Gasteiger partial charge in [-0.15, -0.1) is 0 Å². The van der Waals surface area contributed by atoms with E-state index in [1.54, 1.807) is 0 Å². The molecule has 0 aromatic rings. The van der Waals surface area contributed by atoms with Crippen LogP contribution in [0.5, 0.6) is 0 Å². The van der Waals surface area contributed by atoms with Crippen molar-refractivity contribution in [1.29, 1.82) is 0 Å². The largest absolute Gasteiger partial charge is 0.468 e. The monoisotopic (exact) mass is 176 g/mol. The molecule has 0 bridgehead atoms. The van der Waals surface area contributed by atoms with Gasteiger partial charge in [-0.25, -0.2) is 0 Å². The Morgan fingerprint density at radius 1 is 1.67 bits per heavy atom. The van der Waals surface area contributed by atoms with Crippen molar-refractivity contribution in [1.82, 2.24) is 0 Å². The maximum atomic E-state index is 10.8. The molecule has 0 spiro atoms. The molecule has 1 atom stereocenters. The summed E-state index contributed by atoms with van der Waals surface area (Å²) in [6.07, 6.45) is 0. The van der Waals surface area contributed by atoms with Crippen molar-refractivity contribution >= 4 is 5.97 Å². The van der Waals surface area contributed by atoms with Crippen LogP contribution in [0.25, 0.3) is 0 Å². The van der Waals surface area contributed by atoms with Gasteiger partial charge in [0, 0.05) is 18.8 Å². The van der Waals surface area contributed by atoms with Crippen LogP contribution in [0.1, 0.15) is 13.8 Å². The lowest BCUT2D eigenvalue weighted by atomic mass is 9.96. The molecule has 0 saturated carbocycles. The molecule has 1 unspecified atom stereocenters. The van der Waals surface area contributed by atoms with Crippen LogP contribution in [0, 0.1) is 10.1 Å². The van der Waals surface area contributed by atoms with Gasteiger partial charge in [0.1, 0.15) is 0 Å². The Kier molecular flexibility index (Phi) is 3.15. The number of hydrogen-bond donors (Lipinski definition) is 1. The fourth-order valence-corrected chi connectivity index (χ4v) is 0.529. The van der Waals surface area contributed by atoms with E-state index in [1.165, 1.54) is 13.8 Å². The highest BCUT2D eigenvalue weighted by molar-refractivity contribution is 5.76. The summed E-state index contributed by atoms with van der Waals surface area (Å²) in [4.78, 5) is 20.6. The Labute approximate surface area is 69.8 Å². The van der Waals surface area contributed by atoms with Crippen molar-refractivity contribution in [2.75, 3.05) is 7.11 Å². The third-order valence-electron chi connectivity index (χ3n) is 1.69. The molecule has 0 aromatic carbocycles. The van der Waals surface area contributed by atoms with Gasteiger partial charge in [-0.1, -0.05) is 0 Å². The van der Waals surface area contributed by atoms with E-state index in [0.29, 0.717) is 0 Å². The molecule has 6 heteroatoms. The standard InChI is InChI=1S/C6H12N2O4/c1-6(2,8(10)11)4(7)5(9)12-3/h4H,7H2,1-3H3. The number of nitrogens with two attached hydrogens (primary N) is 1. The Morgan fingerprint density at radius 2 is 2.08 bits per heavy atom. The van der Waals surface area contributed by atoms with Crippen molar-refractivity contribution in [3.63, 3.8) is 0 Å². The first-order chi connectivity index (χ1) is 5.34. The SMILES string of the molecule is COC(=O)C(N)C(C)(C)[N+](=O)[O-]. The second-order valence-corrected chi connectivity index (χ2v) is 2.91. The average molecular weight is 176 g/mol. The molecule has 2 N–H and O–H groups in total. The number of carbonyl (C=O) groups excluding carboxylic acids is 1. The topological polar surface area (TPSA) is 95.5 Å². The Balaban J connectivity index is 4.56. The van der Waals surface area contributed by atoms with E-state index < -0.39 is 22.5 Å². The highest BCUT2D eigenvalue weighted by Crippen LogP contribution is 2.12. The van der Waals surface area contributed by atoms with Gasteiger partial charge in [0.2, 0.25) is 5.54 Å². The zero-order chi connectivity index (χ0) is 9.94. The first-order valence-electron chi connectivity index (χ1n) is 3.32. The minimum atomic E-state index is -1.49. The maximum Gasteiger partial charge on any atom is 0.330 e. The first kappa shape index (κ1) is 10.8. The predicted molar refractivity (Wildman–Crippen MR) is 41.1 cm³/mol. The van der Waals surface area contributed by atoms with E-state index in [4.69, 9.17) is 5.73 Å². The molecule has 70 valence electrons. The summed E-state index contributed by atoms with van der Waals surface area (Å²) < 4.78 is 4.28. The average Bonchev–Trinajstić information content (AvgIpc) is 2.01. The lowest BCUT2D eigenvalue weighted by Gasteiger charge is -2.20. The molecule has 12 heavy (non-hydrogen) atoms. The molecule has 0 amide bonds. The van der Waals surface area contributed by atoms with Gasteiger partial charge < -0.3 is 10.5 Å². The summed E-state index contributed by atoms with van der Waals surface area (Å²) in [6.45, 7) is 2.54. The summed E-state index contributed by atoms with van der Waals surface area (Å²) in [5.74, 6) is -0.781. The number of carbonyl (C=O) groups is 1. The van der Waals surface area contributed by atoms with E-state index in [9.17, 15) is 14.9 Å². The number of rotatable bonds is 3. The minimum Gasteiger partial charge on any atom is -0.468 e. The van der Waals surface area contributed by atoms with Crippen molar-refractivity contribution in [3.05, 3.63) is 10.1 Å². The summed E-state index contributed by atoms with van der Waals surface area (Å²) in [5, 5.41) is 10.4. The molecule has 0 aromatic heterocycles. The second kappa shape index (κ2) is 3.48. The Bertz CT molecular complexity index is 202. The smallest absolute Gasteiger partial charge is 0.330 e. The fraction of sp³-hybridized carbons (Fsp3) is 0.833. The number of ether oxygens (including phenoxy) is 1. The highest BCUT2D eigenvalue weighted by atomic mass is 16.6. The summed E-state index contributed by atoms with van der Waals surface area (Å²) in [6, 6.07) is -1.24. The second-order valence-electron chi connectivity index (χ2n) is 2.91. The molecule has 0 aliphatic rings. The van der Waals surface area contributed by atoms with E-state index in [-0.39, 0.29) is 0 Å². The fourth-order valence-electron chi connectivity index (χ4n) is 0.529. The van der Waals surface area contributed by atoms with E-state index >= 15 is 0 Å². The Hall–Kier alpha value is -1.17. The van der Waals surface area contributed by atoms with Gasteiger partial charge in [-0.3, -0.25) is 14.9 Å². The zero-order valence-electron chi connectivity index (χ0n) is 7.23. The van der Waals surface area contributed by atoms with Gasteiger partial charge in [0.05, 0.1) is 7.11 Å². The van der Waals surface area contributed by atoms with Crippen molar-refractivity contribution in [2.45, 2.75) is 25.4 Å². The first-order valence-corrected chi connectivity index (χ1v) is 3.32. The van der Waals surface area contributed by atoms with Crippen LogP contribution in [-0.4, -0.2) is 29.6 Å². The molecule has 0 rings (SSSR count). The van der Waals surface area contributed by atoms with Crippen LogP contribution < -0.4 is 5.73 Å². The molecular formula is C6H12N2O4. The summed E-state index contributed by atoms with van der Waals surface area (Å²) in [7, 11) is 1.14. The predicted octanol–water partition coefficient (Wildman–Crippen LogP) is -0.458. The van der Waals surface area contributed by atoms with Crippen LogP contribution in [-0.2, 0) is 9.53 Å². The van der Waals surface area contributed by atoms with Crippen LogP contribution in [0.2, 0.25) is 0 Å². The quantitative estimate of drug-likeness (QED) is 0.356. The molecule has 0 fully saturated rings. The molecule has 6 nitrogen and oxygen atoms in total. The van der Waals surface area contributed by atoms with Crippen molar-refractivity contribution in [2.24, 2.45) is 5.73 Å². The van der Waals surface area contributed by atoms with Crippen LogP contribution >= 0.6 is 0 Å². The molecule has 0 saturated heterocycles. The molecule has 0 radical (unpaired) electrons. The highest BCUT2D eigenvalue weighted by Gasteiger charge is 2.43. The number of nitro groups is 1. The van der Waals surface area contributed by atoms with E-state index in [1.807, 2.05) is 0 Å². The van der Waals surface area contributed by atoms with Crippen LogP contribution in [0.3, 0.4) is 0 Å². The Morgan fingerprint density at radius 3 is 2.33 bits per heavy atom. The van der Waals surface area contributed by atoms with Crippen molar-refractivity contribution in [3.8, 4) is 0 Å². The molecule has 0 aliphatic carbocycles. The maximum absolute atomic E-state index is 10.8. The summed E-state index contributed by atoms with van der Waals surface area (Å²) >= 11 is 0. The van der Waals surface area contributed by atoms with Crippen LogP contribution in [0.15, 0.2) is 0 Å². The normalized spacial score (nSPS) is 13.7. The third-order valence-corrected chi connectivity index (χ3v) is 1.69. The number of nitrogens with zero attached hydrogens (tertiary/aromatic N) is 1. The van der Waals surface area contributed by atoms with E-state index in [0.717, 1.165) is 7.11 Å². The van der Waals surface area contributed by atoms with Gasteiger partial charge in [-0.2, -0.15) is 0 Å². The van der Waals surface area contributed by atoms with Gasteiger partial charge >= 0.3 is 5.97 Å². The van der Waals surface area contributed by atoms with Crippen LogP contribution in [0.4, 0.5) is 0 Å². The minimum absolute atomic E-state index is 0.603. The molecule has 0 aliphatic heterocycles. The summed E-state index contributed by atoms with van der Waals surface area (Å²) in [5.41, 5.74) is 3.80. The lowest BCUT2D eigenvalue weighted by Crippen LogP contribution is -2.54. The van der Waals surface area contributed by atoms with Gasteiger partial charge in [0.15, 0.2) is 6.04 Å². The number of esters is 1. The van der Waals surface area contributed by atoms with Crippen molar-refractivity contribution < 1.29 is 14.5 Å². The third kappa shape index (κ3) is 1.91. The zero-order valence-corrected chi connectivity index (χ0v) is 7.23. The lowest BCUT2D eigenvalue weighted by molar-refractivity contribution is -0.561. The number of hydrogen-bond acceptors (Lipinski definition) is 5. The van der Waals surface area contributed by atoms with Gasteiger partial charge in [0.25, 0.3) is 0 Å². The van der Waals surface area contributed by atoms with Gasteiger partial charge in [-0.05, 0) is 0 Å².